The predicted molar refractivity (Wildman–Crippen MR) is 316 cm³/mol. The number of aromatic nitrogens is 2. The number of carbonyl (C=O) groups is 3. The number of anilines is 1. The van der Waals surface area contributed by atoms with E-state index in [1.165, 1.54) is 6.21 Å². The number of allylic oxidation sites excluding steroid dienone is 8. The Balaban J connectivity index is 0.618. The number of benzene rings is 4. The molecule has 84 heavy (non-hydrogen) atoms. The molecular formula is C65H65N7O12. The molecule has 6 aromatic rings. The smallest absolute Gasteiger partial charge is 0.407 e. The monoisotopic (exact) mass is 1140 g/mol. The minimum absolute atomic E-state index is 0.0918. The number of nitrogens with zero attached hydrogens (tertiary/aromatic N) is 4. The van der Waals surface area contributed by atoms with Crippen molar-refractivity contribution in [3.8, 4) is 45.6 Å². The molecule has 0 saturated carbocycles. The molecule has 19 nitrogen and oxygen atoms in total. The Bertz CT molecular complexity index is 3720. The number of fused-ring (bicyclic) bond motifs is 8. The van der Waals surface area contributed by atoms with Crippen LogP contribution in [0.1, 0.15) is 79.6 Å². The lowest BCUT2D eigenvalue weighted by atomic mass is 9.87. The highest BCUT2D eigenvalue weighted by atomic mass is 16.7. The van der Waals surface area contributed by atoms with Crippen LogP contribution in [0.3, 0.4) is 0 Å². The molecule has 0 fully saturated rings. The molecule has 2 aromatic heterocycles. The molecule has 3 N–H and O–H groups in total. The van der Waals surface area contributed by atoms with E-state index in [0.29, 0.717) is 96.2 Å². The summed E-state index contributed by atoms with van der Waals surface area (Å²) in [5.41, 5.74) is 11.5. The van der Waals surface area contributed by atoms with Gasteiger partial charge in [0.15, 0.2) is 57.3 Å². The maximum Gasteiger partial charge on any atom is 0.407 e. The molecule has 6 aliphatic rings. The van der Waals surface area contributed by atoms with Crippen LogP contribution in [0.2, 0.25) is 0 Å². The first kappa shape index (κ1) is 54.9. The van der Waals surface area contributed by atoms with Crippen molar-refractivity contribution in [2.75, 3.05) is 46.1 Å². The Labute approximate surface area is 485 Å². The highest BCUT2D eigenvalue weighted by molar-refractivity contribution is 5.98. The van der Waals surface area contributed by atoms with Gasteiger partial charge in [-0.25, -0.2) is 4.79 Å². The molecular weight excluding hydrogens is 1070 g/mol. The molecule has 3 amide bonds. The molecule has 0 saturated heterocycles. The molecule has 432 valence electrons. The van der Waals surface area contributed by atoms with Gasteiger partial charge in [0, 0.05) is 43.3 Å². The molecule has 4 atom stereocenters. The predicted octanol–water partition coefficient (Wildman–Crippen LogP) is 9.75. The number of ether oxygens (including phenoxy) is 7. The number of nitrogens with one attached hydrogen (secondary N) is 3. The third-order valence-corrected chi connectivity index (χ3v) is 16.4. The average molecular weight is 1140 g/mol. The molecule has 5 heterocycles. The number of rotatable bonds is 18. The summed E-state index contributed by atoms with van der Waals surface area (Å²) in [5, 5.41) is 35.6. The molecule has 3 aliphatic heterocycles. The van der Waals surface area contributed by atoms with Gasteiger partial charge in [-0.1, -0.05) is 92.7 Å². The van der Waals surface area contributed by atoms with Crippen molar-refractivity contribution in [1.29, 1.82) is 0 Å². The van der Waals surface area contributed by atoms with Crippen molar-refractivity contribution in [1.82, 2.24) is 19.8 Å². The summed E-state index contributed by atoms with van der Waals surface area (Å²) in [7, 11) is 3.12. The van der Waals surface area contributed by atoms with Gasteiger partial charge < -0.3 is 68.7 Å². The van der Waals surface area contributed by atoms with Crippen molar-refractivity contribution in [2.45, 2.75) is 71.1 Å². The standard InChI is InChI=1S/C65H65N7O12/c1-38(2)60(68-65(75)82-36-51-49-13-8-6-11-47(49)48-12-7-9-14-50(48)51)64(74)66-39(3)63(73)67-46-20-15-40(16-21-46)41-17-22-52-44(27-41)30-69-34-58(61(78-4)54(69)32-71(52)76)80-25-10-26-81-59-35-70-31-45-28-42(43-19-24-56-57(29-43)84-37-83-56)18-23-53(45)72(77)33-55(70)62(59)79-5/h6-9,11-24,29,32-35,38-39,44-45,51,60H,10,25-28,30-31,36-37H2,1-5H3,(H,66,74)(H,67,73)(H,68,75). The second-order valence-corrected chi connectivity index (χ2v) is 22.0. The fraction of sp³-hybridized carbons (Fsp3) is 0.308. The zero-order valence-corrected chi connectivity index (χ0v) is 47.3. The quantitative estimate of drug-likeness (QED) is 0.0417. The van der Waals surface area contributed by atoms with E-state index in [-0.39, 0.29) is 43.7 Å². The Hall–Kier alpha value is -9.65. The van der Waals surface area contributed by atoms with Crippen molar-refractivity contribution in [2.24, 2.45) is 17.8 Å². The van der Waals surface area contributed by atoms with Crippen LogP contribution in [0.4, 0.5) is 10.5 Å². The van der Waals surface area contributed by atoms with Gasteiger partial charge in [0.25, 0.3) is 0 Å². The molecule has 12 rings (SSSR count). The van der Waals surface area contributed by atoms with E-state index in [0.717, 1.165) is 59.8 Å². The number of carbonyl (C=O) groups excluding carboxylic acids is 3. The summed E-state index contributed by atoms with van der Waals surface area (Å²) in [5.74, 6) is 1.72. The lowest BCUT2D eigenvalue weighted by Crippen LogP contribution is -2.53. The van der Waals surface area contributed by atoms with Gasteiger partial charge in [0.1, 0.15) is 18.7 Å². The van der Waals surface area contributed by atoms with Gasteiger partial charge >= 0.3 is 6.09 Å². The molecule has 0 spiro atoms. The Morgan fingerprint density at radius 2 is 1.21 bits per heavy atom. The van der Waals surface area contributed by atoms with Gasteiger partial charge in [-0.3, -0.25) is 9.59 Å². The second kappa shape index (κ2) is 23.3. The second-order valence-electron chi connectivity index (χ2n) is 22.0. The van der Waals surface area contributed by atoms with Crippen LogP contribution in [0.25, 0.3) is 22.3 Å². The number of methoxy groups -OCH3 is 2. The molecule has 0 radical (unpaired) electrons. The number of alkyl carbamates (subject to hydrolysis) is 1. The lowest BCUT2D eigenvalue weighted by Gasteiger charge is -2.24. The van der Waals surface area contributed by atoms with Crippen molar-refractivity contribution in [3.05, 3.63) is 183 Å². The fourth-order valence-electron chi connectivity index (χ4n) is 12.1. The van der Waals surface area contributed by atoms with Gasteiger partial charge in [-0.2, -0.15) is 9.48 Å². The van der Waals surface area contributed by atoms with Crippen molar-refractivity contribution in [3.63, 3.8) is 0 Å². The van der Waals surface area contributed by atoms with Crippen LogP contribution in [-0.4, -0.2) is 102 Å². The van der Waals surface area contributed by atoms with Gasteiger partial charge in [-0.15, -0.1) is 0 Å². The summed E-state index contributed by atoms with van der Waals surface area (Å²) in [4.78, 5) is 40.1. The number of hydroxylamine groups is 2. The summed E-state index contributed by atoms with van der Waals surface area (Å²) in [6, 6.07) is 27.6. The van der Waals surface area contributed by atoms with Crippen molar-refractivity contribution < 1.29 is 57.0 Å². The Morgan fingerprint density at radius 3 is 1.79 bits per heavy atom. The van der Waals surface area contributed by atoms with E-state index in [4.69, 9.17) is 33.2 Å². The maximum absolute atomic E-state index is 13.7. The summed E-state index contributed by atoms with van der Waals surface area (Å²) in [6.07, 6.45) is 15.5. The summed E-state index contributed by atoms with van der Waals surface area (Å²) >= 11 is 0. The maximum atomic E-state index is 13.7. The van der Waals surface area contributed by atoms with E-state index < -0.39 is 30.0 Å². The van der Waals surface area contributed by atoms with Gasteiger partial charge in [0.05, 0.1) is 51.7 Å². The molecule has 19 heteroatoms. The number of hydrogen-bond donors (Lipinski definition) is 3. The molecule has 3 aliphatic carbocycles. The van der Waals surface area contributed by atoms with Crippen LogP contribution in [0.5, 0.6) is 34.5 Å². The normalized spacial score (nSPS) is 17.9. The minimum Gasteiger partial charge on any atom is -0.618 e. The first-order valence-electron chi connectivity index (χ1n) is 28.3. The Kier molecular flexibility index (Phi) is 15.2. The third-order valence-electron chi connectivity index (χ3n) is 16.4. The van der Waals surface area contributed by atoms with E-state index in [2.05, 4.69) is 28.1 Å². The number of hydrogen-bond acceptors (Lipinski definition) is 12. The van der Waals surface area contributed by atoms with Crippen LogP contribution in [0.15, 0.2) is 139 Å². The third kappa shape index (κ3) is 10.8. The molecule has 4 aromatic carbocycles. The van der Waals surface area contributed by atoms with Crippen LogP contribution in [-0.2, 0) is 27.4 Å². The van der Waals surface area contributed by atoms with E-state index >= 15 is 0 Å². The summed E-state index contributed by atoms with van der Waals surface area (Å²) < 4.78 is 46.9. The van der Waals surface area contributed by atoms with E-state index in [1.807, 2.05) is 126 Å². The molecule has 4 unspecified atom stereocenters. The van der Waals surface area contributed by atoms with Crippen molar-refractivity contribution >= 4 is 47.2 Å². The zero-order valence-electron chi connectivity index (χ0n) is 47.3. The van der Waals surface area contributed by atoms with Crippen LogP contribution in [0, 0.1) is 28.2 Å². The van der Waals surface area contributed by atoms with Gasteiger partial charge in [0.2, 0.25) is 31.0 Å². The first-order valence-corrected chi connectivity index (χ1v) is 28.3. The highest BCUT2D eigenvalue weighted by Gasteiger charge is 2.36. The van der Waals surface area contributed by atoms with Crippen LogP contribution < -0.4 is 44.4 Å². The average Bonchev–Trinajstić information content (AvgIpc) is 4.26. The lowest BCUT2D eigenvalue weighted by molar-refractivity contribution is -0.404. The highest BCUT2D eigenvalue weighted by Crippen LogP contribution is 2.46. The SMILES string of the molecule is COc1c(OCCCOc2cn3c(c2OC)C=[N+]([O-])C2=CC=C(c4ccc5c(c4)OCO5)CC2C3)cn2c1C=[N+]([O-])C1=CC=C(c3ccc(NC(=O)C(C)NC(=O)C(NC(=O)OCC4c5ccccc5-c5ccccc54)C(C)C)cc3)CC1C2. The zero-order chi connectivity index (χ0) is 58.2. The molecule has 0 bridgehead atoms. The largest absolute Gasteiger partial charge is 0.618 e. The topological polar surface area (TPSA) is 214 Å². The van der Waals surface area contributed by atoms with Gasteiger partial charge in [-0.05, 0) is 94.5 Å². The fourth-order valence-corrected chi connectivity index (χ4v) is 12.1. The number of amides is 3. The minimum atomic E-state index is -0.951. The van der Waals surface area contributed by atoms with E-state index in [1.54, 1.807) is 39.5 Å². The van der Waals surface area contributed by atoms with Crippen LogP contribution >= 0.6 is 0 Å². The first-order chi connectivity index (χ1) is 40.8. The Morgan fingerprint density at radius 1 is 0.667 bits per heavy atom. The van der Waals surface area contributed by atoms with E-state index in [9.17, 15) is 24.8 Å². The summed E-state index contributed by atoms with van der Waals surface area (Å²) in [6.45, 7) is 7.13.